The van der Waals surface area contributed by atoms with Gasteiger partial charge in [0.25, 0.3) is 0 Å². The number of carbonyl (C=O) groups is 4. The average Bonchev–Trinajstić information content (AvgIpc) is 3.49. The van der Waals surface area contributed by atoms with Gasteiger partial charge in [-0.05, 0) is 37.5 Å². The molecule has 0 aliphatic heterocycles. The highest BCUT2D eigenvalue weighted by atomic mass is 31.2. The molecule has 0 bridgehead atoms. The van der Waals surface area contributed by atoms with Crippen LogP contribution < -0.4 is 0 Å². The van der Waals surface area contributed by atoms with E-state index in [1.807, 2.05) is 0 Å². The molecule has 0 amide bonds. The number of aliphatic hydroxyl groups excluding tert-OH is 1. The zero-order valence-electron chi connectivity index (χ0n) is 60.6. The summed E-state index contributed by atoms with van der Waals surface area (Å²) in [5.74, 6) is -0.560. The lowest BCUT2D eigenvalue weighted by Crippen LogP contribution is -2.30. The second-order valence-electron chi connectivity index (χ2n) is 27.6. The van der Waals surface area contributed by atoms with Gasteiger partial charge in [-0.1, -0.05) is 330 Å². The number of phosphoric ester groups is 2. The molecule has 0 fully saturated rings. The number of aliphatic hydroxyl groups is 1. The van der Waals surface area contributed by atoms with Gasteiger partial charge in [0, 0.05) is 25.7 Å². The van der Waals surface area contributed by atoms with Gasteiger partial charge < -0.3 is 33.8 Å². The van der Waals surface area contributed by atoms with Crippen LogP contribution >= 0.6 is 15.6 Å². The maximum atomic E-state index is 13.1. The first-order valence-electron chi connectivity index (χ1n) is 38.5. The Hall–Kier alpha value is -1.94. The number of unbranched alkanes of at least 4 members (excludes halogenated alkanes) is 43. The van der Waals surface area contributed by atoms with Crippen LogP contribution in [0.5, 0.6) is 0 Å². The normalized spacial score (nSPS) is 14.1. The maximum Gasteiger partial charge on any atom is 0.472 e. The fourth-order valence-electron chi connectivity index (χ4n) is 11.3. The third-order valence-corrected chi connectivity index (χ3v) is 19.1. The van der Waals surface area contributed by atoms with Crippen LogP contribution in [0, 0.1) is 11.8 Å². The second-order valence-corrected chi connectivity index (χ2v) is 30.5. The lowest BCUT2D eigenvalue weighted by atomic mass is 10.0. The lowest BCUT2D eigenvalue weighted by molar-refractivity contribution is -0.161. The number of ether oxygens (including phenoxy) is 4. The van der Waals surface area contributed by atoms with Crippen LogP contribution in [0.15, 0.2) is 0 Å². The van der Waals surface area contributed by atoms with Crippen molar-refractivity contribution in [3.63, 3.8) is 0 Å². The molecule has 5 atom stereocenters. The van der Waals surface area contributed by atoms with Crippen LogP contribution in [0.4, 0.5) is 0 Å². The smallest absolute Gasteiger partial charge is 0.462 e. The second kappa shape index (κ2) is 66.0. The van der Waals surface area contributed by atoms with E-state index in [1.54, 1.807) is 0 Å². The van der Waals surface area contributed by atoms with Gasteiger partial charge in [-0.3, -0.25) is 37.3 Å². The van der Waals surface area contributed by atoms with Crippen LogP contribution in [0.1, 0.15) is 382 Å². The number of hydrogen-bond acceptors (Lipinski definition) is 15. The van der Waals surface area contributed by atoms with Gasteiger partial charge in [0.2, 0.25) is 0 Å². The molecule has 17 nitrogen and oxygen atoms in total. The molecule has 2 unspecified atom stereocenters. The van der Waals surface area contributed by atoms with Crippen molar-refractivity contribution in [2.75, 3.05) is 39.6 Å². The Labute approximate surface area is 568 Å². The largest absolute Gasteiger partial charge is 0.472 e. The summed E-state index contributed by atoms with van der Waals surface area (Å²) < 4.78 is 68.2. The Morgan fingerprint density at radius 1 is 0.290 bits per heavy atom. The van der Waals surface area contributed by atoms with Crippen molar-refractivity contribution in [1.82, 2.24) is 0 Å². The molecule has 0 rings (SSSR count). The van der Waals surface area contributed by atoms with E-state index in [9.17, 15) is 43.2 Å². The average molecular weight is 1370 g/mol. The lowest BCUT2D eigenvalue weighted by Gasteiger charge is -2.21. The number of carbonyl (C=O) groups excluding carboxylic acids is 4. The SMILES string of the molecule is CCCCCCCCCCCCCCCCCCC(=O)OC[C@H](COP(=O)(O)OC[C@@H](O)COP(=O)(O)OC[C@@H](COC(=O)CCCCCCC)OC(=O)CCCCCCCCCCCCCC(C)C)OC(=O)CCCCCCCCCCCCCCCCCC(C)C. The molecule has 0 aromatic heterocycles. The summed E-state index contributed by atoms with van der Waals surface area (Å²) in [4.78, 5) is 72.5. The fraction of sp³-hybridized carbons (Fsp3) is 0.946. The molecule has 0 heterocycles. The Kier molecular flexibility index (Phi) is 64.6. The van der Waals surface area contributed by atoms with Gasteiger partial charge in [-0.2, -0.15) is 0 Å². The summed E-state index contributed by atoms with van der Waals surface area (Å²) in [6, 6.07) is 0. The molecule has 93 heavy (non-hydrogen) atoms. The molecule has 0 spiro atoms. The van der Waals surface area contributed by atoms with E-state index in [-0.39, 0.29) is 25.7 Å². The van der Waals surface area contributed by atoms with Gasteiger partial charge in [-0.15, -0.1) is 0 Å². The van der Waals surface area contributed by atoms with Crippen LogP contribution in [-0.4, -0.2) is 96.7 Å². The Balaban J connectivity index is 5.15. The topological polar surface area (TPSA) is 237 Å². The molecule has 0 aliphatic rings. The molecule has 0 aromatic carbocycles. The van der Waals surface area contributed by atoms with Crippen molar-refractivity contribution < 1.29 is 80.2 Å². The molecule has 3 N–H and O–H groups in total. The van der Waals surface area contributed by atoms with Crippen LogP contribution in [0.2, 0.25) is 0 Å². The quantitative estimate of drug-likeness (QED) is 0.0222. The number of hydrogen-bond donors (Lipinski definition) is 3. The zero-order valence-corrected chi connectivity index (χ0v) is 62.3. The molecule has 0 saturated carbocycles. The summed E-state index contributed by atoms with van der Waals surface area (Å²) in [6.45, 7) is 9.52. The monoisotopic (exact) mass is 1370 g/mol. The molecule has 19 heteroatoms. The van der Waals surface area contributed by atoms with Gasteiger partial charge in [0.1, 0.15) is 19.3 Å². The van der Waals surface area contributed by atoms with Gasteiger partial charge in [0.05, 0.1) is 26.4 Å². The minimum absolute atomic E-state index is 0.106. The highest BCUT2D eigenvalue weighted by Gasteiger charge is 2.30. The van der Waals surface area contributed by atoms with Gasteiger partial charge >= 0.3 is 39.5 Å². The number of phosphoric acid groups is 2. The standard InChI is InChI=1S/C74H144O17P2/c1-7-9-11-13-14-15-16-17-18-21-24-29-34-39-45-51-57-72(77)85-63-70(91-74(79)58-52-46-40-35-30-25-22-19-20-23-27-32-37-43-48-54-66(3)4)65-89-93(82,83)87-61-68(75)60-86-92(80,81)88-64-69(62-84-71(76)56-50-42-12-10-8-2)90-73(78)59-53-47-41-36-31-26-28-33-38-44-49-55-67(5)6/h66-70,75H,7-65H2,1-6H3,(H,80,81)(H,82,83)/t68-,69+,70+/m0/s1. The van der Waals surface area contributed by atoms with E-state index in [0.29, 0.717) is 25.7 Å². The van der Waals surface area contributed by atoms with E-state index in [1.165, 1.54) is 193 Å². The highest BCUT2D eigenvalue weighted by Crippen LogP contribution is 2.45. The highest BCUT2D eigenvalue weighted by molar-refractivity contribution is 7.47. The summed E-state index contributed by atoms with van der Waals surface area (Å²) >= 11 is 0. The van der Waals surface area contributed by atoms with Crippen LogP contribution in [0.25, 0.3) is 0 Å². The predicted molar refractivity (Wildman–Crippen MR) is 377 cm³/mol. The maximum absolute atomic E-state index is 13.1. The van der Waals surface area contributed by atoms with Gasteiger partial charge in [-0.25, -0.2) is 9.13 Å². The third-order valence-electron chi connectivity index (χ3n) is 17.2. The number of rotatable bonds is 73. The van der Waals surface area contributed by atoms with Crippen molar-refractivity contribution in [3.05, 3.63) is 0 Å². The van der Waals surface area contributed by atoms with E-state index < -0.39 is 97.5 Å². The Morgan fingerprint density at radius 3 is 0.731 bits per heavy atom. The van der Waals surface area contributed by atoms with Crippen LogP contribution in [0.3, 0.4) is 0 Å². The fourth-order valence-corrected chi connectivity index (χ4v) is 12.9. The van der Waals surface area contributed by atoms with Crippen LogP contribution in [-0.2, 0) is 65.4 Å². The van der Waals surface area contributed by atoms with Crippen molar-refractivity contribution in [2.45, 2.75) is 400 Å². The van der Waals surface area contributed by atoms with Crippen molar-refractivity contribution in [1.29, 1.82) is 0 Å². The van der Waals surface area contributed by atoms with Crippen molar-refractivity contribution in [2.24, 2.45) is 11.8 Å². The van der Waals surface area contributed by atoms with E-state index in [4.69, 9.17) is 37.0 Å². The molecular weight excluding hydrogens is 1220 g/mol. The Morgan fingerprint density at radius 2 is 0.495 bits per heavy atom. The summed E-state index contributed by atoms with van der Waals surface area (Å²) in [7, 11) is -9.90. The molecule has 0 aliphatic carbocycles. The first-order chi connectivity index (χ1) is 44.9. The summed E-state index contributed by atoms with van der Waals surface area (Å²) in [6.07, 6.45) is 53.1. The minimum atomic E-state index is -4.95. The first-order valence-corrected chi connectivity index (χ1v) is 41.5. The molecule has 0 aromatic rings. The number of esters is 4. The molecule has 0 radical (unpaired) electrons. The van der Waals surface area contributed by atoms with E-state index in [0.717, 1.165) is 108 Å². The van der Waals surface area contributed by atoms with Gasteiger partial charge in [0.15, 0.2) is 12.2 Å². The predicted octanol–water partition coefficient (Wildman–Crippen LogP) is 21.6. The molecule has 0 saturated heterocycles. The van der Waals surface area contributed by atoms with E-state index >= 15 is 0 Å². The zero-order chi connectivity index (χ0) is 68.6. The summed E-state index contributed by atoms with van der Waals surface area (Å²) in [5.41, 5.74) is 0. The molecule has 552 valence electrons. The van der Waals surface area contributed by atoms with E-state index in [2.05, 4.69) is 41.5 Å². The minimum Gasteiger partial charge on any atom is -0.462 e. The summed E-state index contributed by atoms with van der Waals surface area (Å²) in [5, 5.41) is 10.6. The third kappa shape index (κ3) is 68.4. The Bertz CT molecular complexity index is 1800. The van der Waals surface area contributed by atoms with Crippen molar-refractivity contribution >= 4 is 39.5 Å². The first kappa shape index (κ1) is 91.1. The van der Waals surface area contributed by atoms with Crippen molar-refractivity contribution in [3.8, 4) is 0 Å². The molecular formula is C74H144O17P2.